The van der Waals surface area contributed by atoms with E-state index in [4.69, 9.17) is 9.84 Å². The lowest BCUT2D eigenvalue weighted by molar-refractivity contribution is 0.276. The normalized spacial score (nSPS) is 10.1. The number of rotatable bonds is 3. The van der Waals surface area contributed by atoms with Gasteiger partial charge in [-0.15, -0.1) is 0 Å². The molecule has 0 aliphatic heterocycles. The Labute approximate surface area is 95.1 Å². The number of aryl methyl sites for hydroxylation is 1. The maximum atomic E-state index is 9.16. The monoisotopic (exact) mass is 214 g/mol. The Hall–Kier alpha value is -1.80. The Balaban J connectivity index is 2.23. The first-order chi connectivity index (χ1) is 7.79. The molecule has 0 aliphatic rings. The van der Waals surface area contributed by atoms with Gasteiger partial charge in [0.2, 0.25) is 0 Å². The van der Waals surface area contributed by atoms with Gasteiger partial charge in [-0.25, -0.2) is 0 Å². The van der Waals surface area contributed by atoms with Gasteiger partial charge in [0.05, 0.1) is 6.61 Å². The van der Waals surface area contributed by atoms with Crippen LogP contribution in [0.2, 0.25) is 0 Å². The van der Waals surface area contributed by atoms with Gasteiger partial charge in [-0.2, -0.15) is 0 Å². The predicted octanol–water partition coefficient (Wildman–Crippen LogP) is 3.28. The third kappa shape index (κ3) is 2.41. The average molecular weight is 214 g/mol. The molecule has 0 saturated heterocycles. The first-order valence-electron chi connectivity index (χ1n) is 5.23. The fourth-order valence-corrected chi connectivity index (χ4v) is 1.47. The minimum absolute atomic E-state index is 0.0119. The van der Waals surface area contributed by atoms with Gasteiger partial charge < -0.3 is 9.84 Å². The van der Waals surface area contributed by atoms with Crippen molar-refractivity contribution < 1.29 is 9.84 Å². The molecule has 2 aromatic carbocycles. The van der Waals surface area contributed by atoms with E-state index in [2.05, 4.69) is 0 Å². The zero-order valence-corrected chi connectivity index (χ0v) is 9.18. The molecule has 1 N–H and O–H groups in total. The topological polar surface area (TPSA) is 29.5 Å². The van der Waals surface area contributed by atoms with E-state index in [-0.39, 0.29) is 6.61 Å². The molecule has 16 heavy (non-hydrogen) atoms. The maximum Gasteiger partial charge on any atom is 0.132 e. The van der Waals surface area contributed by atoms with Gasteiger partial charge in [0, 0.05) is 5.56 Å². The van der Waals surface area contributed by atoms with E-state index in [1.807, 2.05) is 55.5 Å². The van der Waals surface area contributed by atoms with Crippen LogP contribution in [0.1, 0.15) is 11.1 Å². The van der Waals surface area contributed by atoms with E-state index in [9.17, 15) is 0 Å². The van der Waals surface area contributed by atoms with Crippen LogP contribution in [0.15, 0.2) is 48.5 Å². The van der Waals surface area contributed by atoms with E-state index in [1.165, 1.54) is 5.56 Å². The Morgan fingerprint density at radius 1 is 1.00 bits per heavy atom. The van der Waals surface area contributed by atoms with Crippen LogP contribution in [-0.2, 0) is 6.61 Å². The molecule has 2 rings (SSSR count). The van der Waals surface area contributed by atoms with Crippen molar-refractivity contribution in [2.45, 2.75) is 13.5 Å². The summed E-state index contributed by atoms with van der Waals surface area (Å²) in [5.41, 5.74) is 1.99. The van der Waals surface area contributed by atoms with Gasteiger partial charge in [0.1, 0.15) is 11.5 Å². The number of aliphatic hydroxyl groups excluding tert-OH is 1. The molecule has 0 aromatic heterocycles. The van der Waals surface area contributed by atoms with Crippen LogP contribution in [0.3, 0.4) is 0 Å². The zero-order valence-electron chi connectivity index (χ0n) is 9.18. The molecule has 0 atom stereocenters. The standard InChI is InChI=1S/C14H14O2/c1-11-6-8-13(9-7-11)16-14-5-3-2-4-12(14)10-15/h2-9,15H,10H2,1H3. The smallest absolute Gasteiger partial charge is 0.132 e. The van der Waals surface area contributed by atoms with Gasteiger partial charge in [-0.1, -0.05) is 35.9 Å². The Kier molecular flexibility index (Phi) is 3.22. The van der Waals surface area contributed by atoms with Gasteiger partial charge in [-0.3, -0.25) is 0 Å². The zero-order chi connectivity index (χ0) is 11.4. The van der Waals surface area contributed by atoms with Crippen molar-refractivity contribution in [1.82, 2.24) is 0 Å². The summed E-state index contributed by atoms with van der Waals surface area (Å²) in [6, 6.07) is 15.3. The molecule has 0 unspecified atom stereocenters. The summed E-state index contributed by atoms with van der Waals surface area (Å²) in [5, 5.41) is 9.16. The number of benzene rings is 2. The predicted molar refractivity (Wildman–Crippen MR) is 63.6 cm³/mol. The van der Waals surface area contributed by atoms with Crippen LogP contribution in [0.25, 0.3) is 0 Å². The lowest BCUT2D eigenvalue weighted by atomic mass is 10.2. The minimum Gasteiger partial charge on any atom is -0.457 e. The van der Waals surface area contributed by atoms with E-state index < -0.39 is 0 Å². The fraction of sp³-hybridized carbons (Fsp3) is 0.143. The second-order valence-corrected chi connectivity index (χ2v) is 3.68. The van der Waals surface area contributed by atoms with Gasteiger partial charge >= 0.3 is 0 Å². The Morgan fingerprint density at radius 3 is 2.38 bits per heavy atom. The summed E-state index contributed by atoms with van der Waals surface area (Å²) < 4.78 is 5.70. The van der Waals surface area contributed by atoms with Crippen LogP contribution in [0.4, 0.5) is 0 Å². The van der Waals surface area contributed by atoms with Crippen molar-refractivity contribution in [3.8, 4) is 11.5 Å². The van der Waals surface area contributed by atoms with E-state index in [0.29, 0.717) is 5.75 Å². The molecule has 0 bridgehead atoms. The minimum atomic E-state index is -0.0119. The van der Waals surface area contributed by atoms with E-state index in [1.54, 1.807) is 0 Å². The molecule has 0 heterocycles. The average Bonchev–Trinajstić information content (AvgIpc) is 2.33. The first kappa shape index (κ1) is 10.7. The molecule has 0 radical (unpaired) electrons. The van der Waals surface area contributed by atoms with Crippen molar-refractivity contribution in [3.63, 3.8) is 0 Å². The molecule has 0 aliphatic carbocycles. The second-order valence-electron chi connectivity index (χ2n) is 3.68. The van der Waals surface area contributed by atoms with E-state index in [0.717, 1.165) is 11.3 Å². The van der Waals surface area contributed by atoms with Gasteiger partial charge in [-0.05, 0) is 25.1 Å². The first-order valence-corrected chi connectivity index (χ1v) is 5.23. The summed E-state index contributed by atoms with van der Waals surface area (Å²) >= 11 is 0. The van der Waals surface area contributed by atoms with Crippen LogP contribution < -0.4 is 4.74 Å². The van der Waals surface area contributed by atoms with Crippen LogP contribution in [0.5, 0.6) is 11.5 Å². The third-order valence-corrected chi connectivity index (χ3v) is 2.39. The summed E-state index contributed by atoms with van der Waals surface area (Å²) in [6.45, 7) is 2.02. The van der Waals surface area contributed by atoms with Crippen molar-refractivity contribution in [2.24, 2.45) is 0 Å². The highest BCUT2D eigenvalue weighted by atomic mass is 16.5. The lowest BCUT2D eigenvalue weighted by Crippen LogP contribution is -1.91. The van der Waals surface area contributed by atoms with Gasteiger partial charge in [0.15, 0.2) is 0 Å². The number of hydrogen-bond donors (Lipinski definition) is 1. The van der Waals surface area contributed by atoms with Crippen LogP contribution in [0, 0.1) is 6.92 Å². The Bertz CT molecular complexity index is 460. The highest BCUT2D eigenvalue weighted by Gasteiger charge is 2.02. The van der Waals surface area contributed by atoms with Crippen LogP contribution >= 0.6 is 0 Å². The van der Waals surface area contributed by atoms with E-state index >= 15 is 0 Å². The number of para-hydroxylation sites is 1. The van der Waals surface area contributed by atoms with Crippen molar-refractivity contribution in [1.29, 1.82) is 0 Å². The lowest BCUT2D eigenvalue weighted by Gasteiger charge is -2.09. The molecule has 0 amide bonds. The van der Waals surface area contributed by atoms with Crippen molar-refractivity contribution in [3.05, 3.63) is 59.7 Å². The molecule has 2 heteroatoms. The second kappa shape index (κ2) is 4.81. The van der Waals surface area contributed by atoms with Crippen molar-refractivity contribution >= 4 is 0 Å². The molecular weight excluding hydrogens is 200 g/mol. The molecule has 2 nitrogen and oxygen atoms in total. The number of aliphatic hydroxyl groups is 1. The highest BCUT2D eigenvalue weighted by molar-refractivity contribution is 5.38. The number of ether oxygens (including phenoxy) is 1. The molecule has 0 fully saturated rings. The molecule has 0 saturated carbocycles. The highest BCUT2D eigenvalue weighted by Crippen LogP contribution is 2.25. The maximum absolute atomic E-state index is 9.16. The summed E-state index contributed by atoms with van der Waals surface area (Å²) in [6.07, 6.45) is 0. The summed E-state index contributed by atoms with van der Waals surface area (Å²) in [5.74, 6) is 1.49. The molecule has 82 valence electrons. The Morgan fingerprint density at radius 2 is 1.69 bits per heavy atom. The number of hydrogen-bond acceptors (Lipinski definition) is 2. The van der Waals surface area contributed by atoms with Gasteiger partial charge in [0.25, 0.3) is 0 Å². The molecule has 0 spiro atoms. The van der Waals surface area contributed by atoms with Crippen molar-refractivity contribution in [2.75, 3.05) is 0 Å². The SMILES string of the molecule is Cc1ccc(Oc2ccccc2CO)cc1. The summed E-state index contributed by atoms with van der Waals surface area (Å²) in [7, 11) is 0. The van der Waals surface area contributed by atoms with Crippen LogP contribution in [-0.4, -0.2) is 5.11 Å². The fourth-order valence-electron chi connectivity index (χ4n) is 1.47. The molecule has 2 aromatic rings. The molecular formula is C14H14O2. The quantitative estimate of drug-likeness (QED) is 0.849. The third-order valence-electron chi connectivity index (χ3n) is 2.39. The largest absolute Gasteiger partial charge is 0.457 e. The summed E-state index contributed by atoms with van der Waals surface area (Å²) in [4.78, 5) is 0.